The highest BCUT2D eigenvalue weighted by Gasteiger charge is 2.09. The maximum Gasteiger partial charge on any atom is 0.234 e. The van der Waals surface area contributed by atoms with Crippen molar-refractivity contribution in [1.29, 1.82) is 0 Å². The number of carbonyl (C=O) groups excluding carboxylic acids is 1. The number of nitrogens with one attached hydrogen (secondary N) is 1. The number of thioether (sulfide) groups is 2. The van der Waals surface area contributed by atoms with Gasteiger partial charge in [-0.2, -0.15) is 0 Å². The van der Waals surface area contributed by atoms with Gasteiger partial charge in [0.25, 0.3) is 0 Å². The van der Waals surface area contributed by atoms with E-state index in [0.29, 0.717) is 5.75 Å². The van der Waals surface area contributed by atoms with Crippen molar-refractivity contribution < 1.29 is 4.79 Å². The third kappa shape index (κ3) is 5.30. The van der Waals surface area contributed by atoms with E-state index in [9.17, 15) is 4.79 Å². The van der Waals surface area contributed by atoms with Gasteiger partial charge in [-0.3, -0.25) is 4.79 Å². The highest BCUT2D eigenvalue weighted by Crippen LogP contribution is 2.29. The lowest BCUT2D eigenvalue weighted by molar-refractivity contribution is -0.113. The molecule has 0 atom stereocenters. The number of aromatic nitrogens is 2. The Bertz CT molecular complexity index is 643. The fraction of sp³-hybridized carbons (Fsp3) is 0.400. The van der Waals surface area contributed by atoms with Crippen LogP contribution in [0, 0.1) is 13.8 Å². The molecule has 2 rings (SSSR count). The van der Waals surface area contributed by atoms with Crippen molar-refractivity contribution in [3.8, 4) is 0 Å². The van der Waals surface area contributed by atoms with E-state index >= 15 is 0 Å². The van der Waals surface area contributed by atoms with Gasteiger partial charge in [-0.25, -0.2) is 0 Å². The number of nitrogens with zero attached hydrogens (tertiary/aromatic N) is 2. The molecule has 0 saturated heterocycles. The van der Waals surface area contributed by atoms with Crippen LogP contribution in [0.3, 0.4) is 0 Å². The van der Waals surface area contributed by atoms with Crippen molar-refractivity contribution in [2.75, 3.05) is 16.8 Å². The van der Waals surface area contributed by atoms with Gasteiger partial charge in [-0.15, -0.1) is 10.2 Å². The lowest BCUT2D eigenvalue weighted by Gasteiger charge is -2.08. The van der Waals surface area contributed by atoms with Crippen LogP contribution in [-0.4, -0.2) is 27.6 Å². The number of anilines is 1. The van der Waals surface area contributed by atoms with Gasteiger partial charge in [-0.1, -0.05) is 53.9 Å². The minimum absolute atomic E-state index is 0.0170. The molecular weight excluding hydrogens is 334 g/mol. The topological polar surface area (TPSA) is 54.9 Å². The Morgan fingerprint density at radius 3 is 2.68 bits per heavy atom. The van der Waals surface area contributed by atoms with Crippen LogP contribution < -0.4 is 5.32 Å². The van der Waals surface area contributed by atoms with Crippen LogP contribution in [0.2, 0.25) is 0 Å². The molecule has 0 aliphatic heterocycles. The van der Waals surface area contributed by atoms with E-state index in [0.717, 1.165) is 37.7 Å². The third-order valence-corrected chi connectivity index (χ3v) is 6.21. The smallest absolute Gasteiger partial charge is 0.234 e. The summed E-state index contributed by atoms with van der Waals surface area (Å²) in [5, 5.41) is 11.2. The fourth-order valence-electron chi connectivity index (χ4n) is 1.69. The van der Waals surface area contributed by atoms with Gasteiger partial charge in [0, 0.05) is 11.4 Å². The van der Waals surface area contributed by atoms with Gasteiger partial charge >= 0.3 is 0 Å². The van der Waals surface area contributed by atoms with Crippen molar-refractivity contribution in [3.63, 3.8) is 0 Å². The Balaban J connectivity index is 1.85. The van der Waals surface area contributed by atoms with Crippen LogP contribution in [0.1, 0.15) is 24.5 Å². The standard InChI is InChI=1S/C15H19N3OS3/c1-4-7-20-14-17-18-15(22-14)21-9-13(19)16-12-8-10(2)5-6-11(12)3/h5-6,8H,4,7,9H2,1-3H3,(H,16,19). The number of aryl methyl sites for hydroxylation is 2. The van der Waals surface area contributed by atoms with Gasteiger partial charge in [0.05, 0.1) is 5.75 Å². The fourth-order valence-corrected chi connectivity index (χ4v) is 4.43. The summed E-state index contributed by atoms with van der Waals surface area (Å²) >= 11 is 4.69. The second kappa shape index (κ2) is 8.55. The third-order valence-electron chi connectivity index (χ3n) is 2.81. The predicted molar refractivity (Wildman–Crippen MR) is 96.2 cm³/mol. The number of carbonyl (C=O) groups is 1. The minimum Gasteiger partial charge on any atom is -0.325 e. The summed E-state index contributed by atoms with van der Waals surface area (Å²) in [4.78, 5) is 12.0. The first kappa shape index (κ1) is 17.3. The molecule has 0 spiro atoms. The molecule has 1 N–H and O–H groups in total. The molecule has 0 bridgehead atoms. The lowest BCUT2D eigenvalue weighted by Crippen LogP contribution is -2.14. The van der Waals surface area contributed by atoms with E-state index in [4.69, 9.17) is 0 Å². The molecule has 0 fully saturated rings. The summed E-state index contributed by atoms with van der Waals surface area (Å²) < 4.78 is 1.81. The summed E-state index contributed by atoms with van der Waals surface area (Å²) in [6, 6.07) is 6.04. The molecule has 0 aliphatic rings. The second-order valence-corrected chi connectivity index (χ2v) is 8.38. The predicted octanol–water partition coefficient (Wildman–Crippen LogP) is 4.39. The number of hydrogen-bond acceptors (Lipinski definition) is 6. The molecule has 0 unspecified atom stereocenters. The second-order valence-electron chi connectivity index (χ2n) is 4.84. The van der Waals surface area contributed by atoms with Gasteiger partial charge in [-0.05, 0) is 37.5 Å². The molecule has 1 aromatic carbocycles. The zero-order chi connectivity index (χ0) is 15.9. The molecule has 1 aromatic heterocycles. The number of hydrogen-bond donors (Lipinski definition) is 1. The molecule has 1 heterocycles. The van der Waals surface area contributed by atoms with E-state index in [1.54, 1.807) is 23.1 Å². The average molecular weight is 354 g/mol. The summed E-state index contributed by atoms with van der Waals surface area (Å²) in [5.74, 6) is 1.38. The Morgan fingerprint density at radius 2 is 1.95 bits per heavy atom. The molecular formula is C15H19N3OS3. The molecule has 0 radical (unpaired) electrons. The van der Waals surface area contributed by atoms with Crippen LogP contribution >= 0.6 is 34.9 Å². The van der Waals surface area contributed by atoms with Gasteiger partial charge < -0.3 is 5.32 Å². The summed E-state index contributed by atoms with van der Waals surface area (Å²) in [5.41, 5.74) is 3.08. The van der Waals surface area contributed by atoms with Crippen molar-refractivity contribution in [2.45, 2.75) is 35.9 Å². The van der Waals surface area contributed by atoms with Crippen molar-refractivity contribution in [3.05, 3.63) is 29.3 Å². The van der Waals surface area contributed by atoms with E-state index in [-0.39, 0.29) is 5.91 Å². The first-order chi connectivity index (χ1) is 10.6. The van der Waals surface area contributed by atoms with E-state index in [1.165, 1.54) is 11.8 Å². The zero-order valence-electron chi connectivity index (χ0n) is 12.9. The average Bonchev–Trinajstić information content (AvgIpc) is 2.95. The number of rotatable bonds is 7. The normalized spacial score (nSPS) is 10.7. The van der Waals surface area contributed by atoms with Gasteiger partial charge in [0.1, 0.15) is 0 Å². The summed E-state index contributed by atoms with van der Waals surface area (Å²) in [7, 11) is 0. The SMILES string of the molecule is CCCSc1nnc(SCC(=O)Nc2cc(C)ccc2C)s1. The summed E-state index contributed by atoms with van der Waals surface area (Å²) in [6.45, 7) is 6.14. The Morgan fingerprint density at radius 1 is 1.23 bits per heavy atom. The van der Waals surface area contributed by atoms with E-state index < -0.39 is 0 Å². The Kier molecular flexibility index (Phi) is 6.72. The molecule has 1 amide bonds. The van der Waals surface area contributed by atoms with Crippen LogP contribution in [0.4, 0.5) is 5.69 Å². The van der Waals surface area contributed by atoms with Crippen molar-refractivity contribution >= 4 is 46.5 Å². The lowest BCUT2D eigenvalue weighted by atomic mass is 10.1. The Labute approximate surface area is 143 Å². The number of benzene rings is 1. The van der Waals surface area contributed by atoms with Crippen LogP contribution in [-0.2, 0) is 4.79 Å². The van der Waals surface area contributed by atoms with E-state index in [2.05, 4.69) is 22.4 Å². The molecule has 0 saturated carbocycles. The largest absolute Gasteiger partial charge is 0.325 e. The molecule has 7 heteroatoms. The first-order valence-electron chi connectivity index (χ1n) is 7.04. The number of amides is 1. The quantitative estimate of drug-likeness (QED) is 0.748. The van der Waals surface area contributed by atoms with E-state index in [1.807, 2.05) is 32.0 Å². The zero-order valence-corrected chi connectivity index (χ0v) is 15.3. The molecule has 0 aliphatic carbocycles. The van der Waals surface area contributed by atoms with Crippen LogP contribution in [0.15, 0.2) is 26.9 Å². The first-order valence-corrected chi connectivity index (χ1v) is 9.83. The van der Waals surface area contributed by atoms with Gasteiger partial charge in [0.15, 0.2) is 8.68 Å². The highest BCUT2D eigenvalue weighted by atomic mass is 32.2. The summed E-state index contributed by atoms with van der Waals surface area (Å²) in [6.07, 6.45) is 1.12. The molecule has 4 nitrogen and oxygen atoms in total. The monoisotopic (exact) mass is 353 g/mol. The van der Waals surface area contributed by atoms with Crippen molar-refractivity contribution in [2.24, 2.45) is 0 Å². The molecule has 118 valence electrons. The Hall–Kier alpha value is -1.05. The minimum atomic E-state index is -0.0170. The molecule has 22 heavy (non-hydrogen) atoms. The van der Waals surface area contributed by atoms with Crippen LogP contribution in [0.25, 0.3) is 0 Å². The van der Waals surface area contributed by atoms with Crippen molar-refractivity contribution in [1.82, 2.24) is 10.2 Å². The maximum atomic E-state index is 12.0. The highest BCUT2D eigenvalue weighted by molar-refractivity contribution is 8.03. The molecule has 2 aromatic rings. The maximum absolute atomic E-state index is 12.0. The van der Waals surface area contributed by atoms with Crippen LogP contribution in [0.5, 0.6) is 0 Å². The van der Waals surface area contributed by atoms with Gasteiger partial charge in [0.2, 0.25) is 5.91 Å².